The number of thiazole rings is 1. The predicted octanol–water partition coefficient (Wildman–Crippen LogP) is 3.65. The van der Waals surface area contributed by atoms with Gasteiger partial charge in [0.05, 0.1) is 35.1 Å². The lowest BCUT2D eigenvalue weighted by atomic mass is 10.2. The van der Waals surface area contributed by atoms with E-state index >= 15 is 0 Å². The average Bonchev–Trinajstić information content (AvgIpc) is 2.92. The van der Waals surface area contributed by atoms with Gasteiger partial charge < -0.3 is 14.6 Å². The van der Waals surface area contributed by atoms with Crippen molar-refractivity contribution in [2.45, 2.75) is 46.7 Å². The first-order valence-corrected chi connectivity index (χ1v) is 7.99. The van der Waals surface area contributed by atoms with Crippen LogP contribution in [-0.2, 0) is 4.74 Å². The van der Waals surface area contributed by atoms with Gasteiger partial charge in [-0.25, -0.2) is 9.97 Å². The molecule has 2 aromatic heterocycles. The first kappa shape index (κ1) is 16.0. The van der Waals surface area contributed by atoms with Crippen LogP contribution >= 0.6 is 11.3 Å². The molecule has 6 heteroatoms. The van der Waals surface area contributed by atoms with E-state index in [2.05, 4.69) is 46.8 Å². The van der Waals surface area contributed by atoms with E-state index in [1.165, 1.54) is 4.88 Å². The van der Waals surface area contributed by atoms with Gasteiger partial charge in [0.25, 0.3) is 0 Å². The molecule has 0 bridgehead atoms. The van der Waals surface area contributed by atoms with Crippen molar-refractivity contribution < 1.29 is 4.74 Å². The molecule has 0 amide bonds. The fraction of sp³-hybridized carbons (Fsp3) is 0.600. The second-order valence-electron chi connectivity index (χ2n) is 5.47. The molecule has 0 aliphatic heterocycles. The number of hydrogen-bond donors (Lipinski definition) is 1. The zero-order valence-electron chi connectivity index (χ0n) is 13.6. The maximum atomic E-state index is 5.25. The van der Waals surface area contributed by atoms with Crippen LogP contribution in [0.3, 0.4) is 0 Å². The highest BCUT2D eigenvalue weighted by molar-refractivity contribution is 7.11. The largest absolute Gasteiger partial charge is 0.383 e. The summed E-state index contributed by atoms with van der Waals surface area (Å²) in [7, 11) is 1.72. The Balaban J connectivity index is 2.21. The molecule has 0 fully saturated rings. The van der Waals surface area contributed by atoms with Crippen molar-refractivity contribution >= 4 is 17.3 Å². The van der Waals surface area contributed by atoms with E-state index in [1.54, 1.807) is 18.4 Å². The Bertz CT molecular complexity index is 605. The highest BCUT2D eigenvalue weighted by atomic mass is 32.1. The standard InChI is InChI=1S/C15H24N4OS/c1-9-7-19(10(2)8-20-6)15(16-9)18-12(4)14-11(3)17-13(5)21-14/h7,10,12H,8H2,1-6H3,(H,16,18). The van der Waals surface area contributed by atoms with Gasteiger partial charge in [-0.3, -0.25) is 0 Å². The van der Waals surface area contributed by atoms with Crippen LogP contribution in [0, 0.1) is 20.8 Å². The monoisotopic (exact) mass is 308 g/mol. The topological polar surface area (TPSA) is 52.0 Å². The molecule has 2 unspecified atom stereocenters. The minimum Gasteiger partial charge on any atom is -0.383 e. The van der Waals surface area contributed by atoms with E-state index in [9.17, 15) is 0 Å². The summed E-state index contributed by atoms with van der Waals surface area (Å²) in [6, 6.07) is 0.432. The number of aromatic nitrogens is 3. The van der Waals surface area contributed by atoms with Crippen molar-refractivity contribution in [3.05, 3.63) is 27.5 Å². The molecule has 0 aromatic carbocycles. The molecule has 116 valence electrons. The first-order chi connectivity index (χ1) is 9.92. The van der Waals surface area contributed by atoms with Crippen LogP contribution in [0.2, 0.25) is 0 Å². The van der Waals surface area contributed by atoms with Gasteiger partial charge in [-0.15, -0.1) is 11.3 Å². The third kappa shape index (κ3) is 3.63. The quantitative estimate of drug-likeness (QED) is 0.885. The van der Waals surface area contributed by atoms with Gasteiger partial charge in [-0.2, -0.15) is 0 Å². The van der Waals surface area contributed by atoms with Crippen LogP contribution < -0.4 is 5.32 Å². The average molecular weight is 308 g/mol. The summed E-state index contributed by atoms with van der Waals surface area (Å²) < 4.78 is 7.39. The number of anilines is 1. The molecule has 2 heterocycles. The van der Waals surface area contributed by atoms with Gasteiger partial charge in [0.1, 0.15) is 0 Å². The molecular weight excluding hydrogens is 284 g/mol. The molecule has 5 nitrogen and oxygen atoms in total. The number of nitrogens with zero attached hydrogens (tertiary/aromatic N) is 3. The fourth-order valence-corrected chi connectivity index (χ4v) is 3.42. The summed E-state index contributed by atoms with van der Waals surface area (Å²) in [4.78, 5) is 10.4. The number of ether oxygens (including phenoxy) is 1. The molecule has 0 saturated heterocycles. The molecule has 1 N–H and O–H groups in total. The highest BCUT2D eigenvalue weighted by Gasteiger charge is 2.17. The lowest BCUT2D eigenvalue weighted by Crippen LogP contribution is -2.16. The van der Waals surface area contributed by atoms with Crippen molar-refractivity contribution in [3.63, 3.8) is 0 Å². The van der Waals surface area contributed by atoms with E-state index in [1.807, 2.05) is 13.8 Å². The van der Waals surface area contributed by atoms with E-state index in [-0.39, 0.29) is 12.1 Å². The van der Waals surface area contributed by atoms with Gasteiger partial charge in [0.15, 0.2) is 0 Å². The molecule has 2 aromatic rings. The first-order valence-electron chi connectivity index (χ1n) is 7.17. The lowest BCUT2D eigenvalue weighted by molar-refractivity contribution is 0.163. The van der Waals surface area contributed by atoms with Gasteiger partial charge in [0.2, 0.25) is 5.95 Å². The molecule has 0 saturated carbocycles. The smallest absolute Gasteiger partial charge is 0.203 e. The van der Waals surface area contributed by atoms with Crippen molar-refractivity contribution in [1.29, 1.82) is 0 Å². The summed E-state index contributed by atoms with van der Waals surface area (Å²) >= 11 is 1.74. The van der Waals surface area contributed by atoms with Crippen molar-refractivity contribution in [3.8, 4) is 0 Å². The zero-order valence-corrected chi connectivity index (χ0v) is 14.4. The van der Waals surface area contributed by atoms with E-state index in [0.717, 1.165) is 22.3 Å². The summed E-state index contributed by atoms with van der Waals surface area (Å²) in [5, 5.41) is 4.61. The van der Waals surface area contributed by atoms with Crippen LogP contribution in [0.4, 0.5) is 5.95 Å². The Hall–Kier alpha value is -1.40. The van der Waals surface area contributed by atoms with E-state index in [4.69, 9.17) is 4.74 Å². The number of rotatable bonds is 6. The molecule has 0 radical (unpaired) electrons. The maximum absolute atomic E-state index is 5.25. The molecule has 0 aliphatic carbocycles. The van der Waals surface area contributed by atoms with Crippen LogP contribution in [0.5, 0.6) is 0 Å². The van der Waals surface area contributed by atoms with Crippen LogP contribution in [0.25, 0.3) is 0 Å². The van der Waals surface area contributed by atoms with E-state index < -0.39 is 0 Å². The van der Waals surface area contributed by atoms with Crippen LogP contribution in [-0.4, -0.2) is 28.3 Å². The summed E-state index contributed by atoms with van der Waals surface area (Å²) in [6.07, 6.45) is 2.06. The van der Waals surface area contributed by atoms with Gasteiger partial charge >= 0.3 is 0 Å². The third-order valence-electron chi connectivity index (χ3n) is 3.41. The lowest BCUT2D eigenvalue weighted by Gasteiger charge is -2.19. The van der Waals surface area contributed by atoms with Crippen molar-refractivity contribution in [2.75, 3.05) is 19.0 Å². The molecule has 21 heavy (non-hydrogen) atoms. The Labute approximate surface area is 130 Å². The minimum atomic E-state index is 0.187. The predicted molar refractivity (Wildman–Crippen MR) is 87.2 cm³/mol. The van der Waals surface area contributed by atoms with Gasteiger partial charge in [0, 0.05) is 18.2 Å². The maximum Gasteiger partial charge on any atom is 0.203 e. The number of aryl methyl sites for hydroxylation is 3. The Morgan fingerprint density at radius 2 is 2.00 bits per heavy atom. The zero-order chi connectivity index (χ0) is 15.6. The third-order valence-corrected chi connectivity index (χ3v) is 4.67. The summed E-state index contributed by atoms with van der Waals surface area (Å²) in [5.41, 5.74) is 2.10. The fourth-order valence-electron chi connectivity index (χ4n) is 2.49. The van der Waals surface area contributed by atoms with Crippen LogP contribution in [0.1, 0.15) is 47.2 Å². The molecular formula is C15H24N4OS. The number of hydrogen-bond acceptors (Lipinski definition) is 5. The number of imidazole rings is 1. The van der Waals surface area contributed by atoms with Crippen molar-refractivity contribution in [1.82, 2.24) is 14.5 Å². The van der Waals surface area contributed by atoms with Crippen molar-refractivity contribution in [2.24, 2.45) is 0 Å². The molecule has 0 spiro atoms. The normalized spacial score (nSPS) is 14.2. The minimum absolute atomic E-state index is 0.187. The Kier molecular flexibility index (Phi) is 5.00. The molecule has 2 rings (SSSR count). The molecule has 2 atom stereocenters. The second kappa shape index (κ2) is 6.58. The number of methoxy groups -OCH3 is 1. The number of nitrogens with one attached hydrogen (secondary N) is 1. The SMILES string of the molecule is COCC(C)n1cc(C)nc1NC(C)c1sc(C)nc1C. The van der Waals surface area contributed by atoms with E-state index in [0.29, 0.717) is 6.61 Å². The second-order valence-corrected chi connectivity index (χ2v) is 6.70. The molecule has 0 aliphatic rings. The summed E-state index contributed by atoms with van der Waals surface area (Å²) in [5.74, 6) is 0.884. The van der Waals surface area contributed by atoms with Gasteiger partial charge in [-0.1, -0.05) is 0 Å². The Morgan fingerprint density at radius 1 is 1.29 bits per heavy atom. The van der Waals surface area contributed by atoms with Crippen LogP contribution in [0.15, 0.2) is 6.20 Å². The highest BCUT2D eigenvalue weighted by Crippen LogP contribution is 2.28. The summed E-state index contributed by atoms with van der Waals surface area (Å²) in [6.45, 7) is 11.0. The van der Waals surface area contributed by atoms with Gasteiger partial charge in [-0.05, 0) is 34.6 Å². The Morgan fingerprint density at radius 3 is 2.57 bits per heavy atom.